The Morgan fingerprint density at radius 2 is 2.40 bits per heavy atom. The summed E-state index contributed by atoms with van der Waals surface area (Å²) in [6.07, 6.45) is 4.21. The summed E-state index contributed by atoms with van der Waals surface area (Å²) in [6, 6.07) is 0.142. The normalized spacial score (nSPS) is 26.7. The third-order valence-corrected chi connectivity index (χ3v) is 3.83. The van der Waals surface area contributed by atoms with E-state index >= 15 is 0 Å². The van der Waals surface area contributed by atoms with Gasteiger partial charge in [0.25, 0.3) is 0 Å². The first-order valence-electron chi connectivity index (χ1n) is 5.62. The van der Waals surface area contributed by atoms with Crippen molar-refractivity contribution in [1.29, 1.82) is 0 Å². The lowest BCUT2D eigenvalue weighted by Crippen LogP contribution is -2.19. The molecule has 1 heterocycles. The minimum atomic E-state index is 0.142. The fourth-order valence-electron chi connectivity index (χ4n) is 2.15. The van der Waals surface area contributed by atoms with E-state index in [-0.39, 0.29) is 6.04 Å². The van der Waals surface area contributed by atoms with Crippen LogP contribution < -0.4 is 5.73 Å². The lowest BCUT2D eigenvalue weighted by molar-refractivity contribution is 0.499. The Kier molecular flexibility index (Phi) is 3.16. The third kappa shape index (κ3) is 2.11. The van der Waals surface area contributed by atoms with Gasteiger partial charge < -0.3 is 5.73 Å². The van der Waals surface area contributed by atoms with E-state index < -0.39 is 0 Å². The van der Waals surface area contributed by atoms with E-state index in [1.54, 1.807) is 0 Å². The van der Waals surface area contributed by atoms with E-state index in [9.17, 15) is 0 Å². The summed E-state index contributed by atoms with van der Waals surface area (Å²) < 4.78 is 3.10. The zero-order valence-corrected chi connectivity index (χ0v) is 10.9. The molecule has 0 aromatic carbocycles. The second-order valence-corrected chi connectivity index (χ2v) is 5.36. The van der Waals surface area contributed by atoms with Crippen LogP contribution in [-0.2, 0) is 6.54 Å². The monoisotopic (exact) mass is 271 g/mol. The van der Waals surface area contributed by atoms with Crippen molar-refractivity contribution in [2.75, 3.05) is 0 Å². The third-order valence-electron chi connectivity index (χ3n) is 3.22. The van der Waals surface area contributed by atoms with Crippen LogP contribution >= 0.6 is 15.9 Å². The number of rotatable bonds is 4. The highest BCUT2D eigenvalue weighted by atomic mass is 79.9. The lowest BCUT2D eigenvalue weighted by Gasteiger charge is -2.14. The number of hydrogen-bond donors (Lipinski definition) is 1. The van der Waals surface area contributed by atoms with Gasteiger partial charge in [0.15, 0.2) is 0 Å². The van der Waals surface area contributed by atoms with Gasteiger partial charge in [0.05, 0.1) is 22.4 Å². The van der Waals surface area contributed by atoms with Crippen molar-refractivity contribution in [3.63, 3.8) is 0 Å². The molecule has 4 heteroatoms. The highest BCUT2D eigenvalue weighted by Gasteiger charge is 2.40. The Morgan fingerprint density at radius 3 is 2.93 bits per heavy atom. The number of aromatic nitrogens is 2. The van der Waals surface area contributed by atoms with Gasteiger partial charge >= 0.3 is 0 Å². The van der Waals surface area contributed by atoms with Gasteiger partial charge in [-0.1, -0.05) is 13.8 Å². The molecule has 3 nitrogen and oxygen atoms in total. The van der Waals surface area contributed by atoms with E-state index in [1.165, 1.54) is 12.1 Å². The molecule has 1 saturated carbocycles. The summed E-state index contributed by atoms with van der Waals surface area (Å²) in [5.41, 5.74) is 7.45. The summed E-state index contributed by atoms with van der Waals surface area (Å²) in [4.78, 5) is 0. The lowest BCUT2D eigenvalue weighted by atomic mass is 10.1. The highest BCUT2D eigenvalue weighted by molar-refractivity contribution is 9.10. The molecule has 0 spiro atoms. The Labute approximate surface area is 99.2 Å². The number of halogens is 1. The van der Waals surface area contributed by atoms with E-state index in [0.29, 0.717) is 5.92 Å². The molecule has 1 aliphatic carbocycles. The van der Waals surface area contributed by atoms with Gasteiger partial charge in [-0.3, -0.25) is 4.68 Å². The van der Waals surface area contributed by atoms with Crippen LogP contribution in [-0.4, -0.2) is 9.78 Å². The van der Waals surface area contributed by atoms with Gasteiger partial charge in [-0.2, -0.15) is 5.10 Å². The highest BCUT2D eigenvalue weighted by Crippen LogP contribution is 2.46. The topological polar surface area (TPSA) is 43.8 Å². The molecule has 15 heavy (non-hydrogen) atoms. The molecular weight excluding hydrogens is 254 g/mol. The number of aryl methyl sites for hydroxylation is 1. The predicted molar refractivity (Wildman–Crippen MR) is 64.4 cm³/mol. The Hall–Kier alpha value is -0.350. The molecule has 0 saturated heterocycles. The standard InChI is InChI=1S/C11H18BrN3/c1-3-4-15-11(9(12)6-14-15)10(13)8-5-7(8)2/h6-8,10H,3-5,13H2,1-2H3. The van der Waals surface area contributed by atoms with Crippen LogP contribution in [0.5, 0.6) is 0 Å². The van der Waals surface area contributed by atoms with Crippen LogP contribution in [0.1, 0.15) is 38.4 Å². The second-order valence-electron chi connectivity index (χ2n) is 4.50. The molecule has 3 unspecified atom stereocenters. The summed E-state index contributed by atoms with van der Waals surface area (Å²) in [5.74, 6) is 1.42. The fourth-order valence-corrected chi connectivity index (χ4v) is 2.71. The molecule has 84 valence electrons. The second kappa shape index (κ2) is 4.26. The maximum absolute atomic E-state index is 6.28. The first-order chi connectivity index (χ1) is 7.15. The summed E-state index contributed by atoms with van der Waals surface area (Å²) in [7, 11) is 0. The number of nitrogens with zero attached hydrogens (tertiary/aromatic N) is 2. The number of hydrogen-bond acceptors (Lipinski definition) is 2. The average molecular weight is 272 g/mol. The zero-order chi connectivity index (χ0) is 11.0. The van der Waals surface area contributed by atoms with Crippen LogP contribution in [0.4, 0.5) is 0 Å². The van der Waals surface area contributed by atoms with Crippen molar-refractivity contribution in [3.8, 4) is 0 Å². The van der Waals surface area contributed by atoms with Gasteiger partial charge in [0.2, 0.25) is 0 Å². The molecule has 3 atom stereocenters. The Morgan fingerprint density at radius 1 is 1.73 bits per heavy atom. The molecule has 1 aliphatic rings. The molecule has 0 radical (unpaired) electrons. The molecule has 0 bridgehead atoms. The maximum Gasteiger partial charge on any atom is 0.0696 e. The van der Waals surface area contributed by atoms with Crippen molar-refractivity contribution >= 4 is 15.9 Å². The largest absolute Gasteiger partial charge is 0.322 e. The van der Waals surface area contributed by atoms with Crippen molar-refractivity contribution in [2.24, 2.45) is 17.6 Å². The van der Waals surface area contributed by atoms with Crippen LogP contribution in [0.2, 0.25) is 0 Å². The molecule has 0 amide bonds. The van der Waals surface area contributed by atoms with Crippen molar-refractivity contribution < 1.29 is 0 Å². The average Bonchev–Trinajstić information content (AvgIpc) is 2.81. The van der Waals surface area contributed by atoms with E-state index in [1.807, 2.05) is 10.9 Å². The van der Waals surface area contributed by atoms with E-state index in [2.05, 4.69) is 34.9 Å². The SMILES string of the molecule is CCCn1ncc(Br)c1C(N)C1CC1C. The van der Waals surface area contributed by atoms with E-state index in [0.717, 1.165) is 23.4 Å². The number of nitrogens with two attached hydrogens (primary N) is 1. The summed E-state index contributed by atoms with van der Waals surface area (Å²) in [5, 5.41) is 4.35. The quantitative estimate of drug-likeness (QED) is 0.915. The van der Waals surface area contributed by atoms with Gasteiger partial charge in [0, 0.05) is 6.54 Å². The molecule has 0 aliphatic heterocycles. The van der Waals surface area contributed by atoms with Gasteiger partial charge in [-0.05, 0) is 40.6 Å². The molecule has 1 fully saturated rings. The first kappa shape index (κ1) is 11.1. The predicted octanol–water partition coefficient (Wildman–Crippen LogP) is 2.71. The van der Waals surface area contributed by atoms with E-state index in [4.69, 9.17) is 5.73 Å². The van der Waals surface area contributed by atoms with Crippen LogP contribution in [0.25, 0.3) is 0 Å². The first-order valence-corrected chi connectivity index (χ1v) is 6.41. The fraction of sp³-hybridized carbons (Fsp3) is 0.727. The summed E-state index contributed by atoms with van der Waals surface area (Å²) in [6.45, 7) is 5.37. The Bertz CT molecular complexity index is 348. The van der Waals surface area contributed by atoms with Gasteiger partial charge in [-0.25, -0.2) is 0 Å². The van der Waals surface area contributed by atoms with Crippen molar-refractivity contribution in [2.45, 2.75) is 39.3 Å². The molecule has 1 aromatic heterocycles. The van der Waals surface area contributed by atoms with Crippen LogP contribution in [0.3, 0.4) is 0 Å². The van der Waals surface area contributed by atoms with Gasteiger partial charge in [-0.15, -0.1) is 0 Å². The van der Waals surface area contributed by atoms with Gasteiger partial charge in [0.1, 0.15) is 0 Å². The maximum atomic E-state index is 6.28. The molecular formula is C11H18BrN3. The Balaban J connectivity index is 2.21. The van der Waals surface area contributed by atoms with Crippen LogP contribution in [0, 0.1) is 11.8 Å². The summed E-state index contributed by atoms with van der Waals surface area (Å²) >= 11 is 3.54. The molecule has 2 N–H and O–H groups in total. The smallest absolute Gasteiger partial charge is 0.0696 e. The molecule has 2 rings (SSSR count). The minimum Gasteiger partial charge on any atom is -0.322 e. The van der Waals surface area contributed by atoms with Crippen molar-refractivity contribution in [3.05, 3.63) is 16.4 Å². The van der Waals surface area contributed by atoms with Crippen molar-refractivity contribution in [1.82, 2.24) is 9.78 Å². The molecule has 1 aromatic rings. The zero-order valence-electron chi connectivity index (χ0n) is 9.28. The van der Waals surface area contributed by atoms with Crippen LogP contribution in [0.15, 0.2) is 10.7 Å². The minimum absolute atomic E-state index is 0.142.